The van der Waals surface area contributed by atoms with Gasteiger partial charge < -0.3 is 4.74 Å². The molecule has 114 valence electrons. The van der Waals surface area contributed by atoms with Crippen molar-refractivity contribution in [2.24, 2.45) is 13.0 Å². The minimum absolute atomic E-state index is 0.186. The highest BCUT2D eigenvalue weighted by Gasteiger charge is 2.22. The number of hydrogen-bond donors (Lipinski definition) is 1. The van der Waals surface area contributed by atoms with E-state index in [1.165, 1.54) is 36.3 Å². The van der Waals surface area contributed by atoms with Crippen molar-refractivity contribution in [2.75, 3.05) is 13.2 Å². The van der Waals surface area contributed by atoms with Crippen LogP contribution in [0.4, 0.5) is 0 Å². The Hall–Kier alpha value is -0.920. The SMILES string of the molecule is C[C@@H]1CCCC[C@H]1OCCNS(=O)(=O)c1cnn(C)c1. The first-order chi connectivity index (χ1) is 9.49. The zero-order chi connectivity index (χ0) is 14.6. The first-order valence-electron chi connectivity index (χ1n) is 7.09. The topological polar surface area (TPSA) is 73.2 Å². The molecule has 0 unspecified atom stereocenters. The molecule has 0 amide bonds. The van der Waals surface area contributed by atoms with Crippen molar-refractivity contribution in [2.45, 2.75) is 43.6 Å². The summed E-state index contributed by atoms with van der Waals surface area (Å²) in [5.41, 5.74) is 0. The van der Waals surface area contributed by atoms with Gasteiger partial charge in [0.1, 0.15) is 4.90 Å². The van der Waals surface area contributed by atoms with Gasteiger partial charge in [0.05, 0.1) is 18.9 Å². The van der Waals surface area contributed by atoms with Crippen LogP contribution in [-0.2, 0) is 21.8 Å². The summed E-state index contributed by atoms with van der Waals surface area (Å²) >= 11 is 0. The summed E-state index contributed by atoms with van der Waals surface area (Å²) in [6.45, 7) is 2.90. The molecule has 0 aliphatic heterocycles. The van der Waals surface area contributed by atoms with E-state index in [0.29, 0.717) is 19.1 Å². The smallest absolute Gasteiger partial charge is 0.243 e. The molecule has 1 saturated carbocycles. The number of sulfonamides is 1. The summed E-state index contributed by atoms with van der Waals surface area (Å²) in [5.74, 6) is 0.568. The molecule has 1 aliphatic carbocycles. The van der Waals surface area contributed by atoms with Crippen LogP contribution in [0.3, 0.4) is 0 Å². The Morgan fingerprint density at radius 3 is 2.85 bits per heavy atom. The average molecular weight is 301 g/mol. The minimum atomic E-state index is -3.47. The molecular formula is C13H23N3O3S. The van der Waals surface area contributed by atoms with E-state index in [1.54, 1.807) is 7.05 Å². The lowest BCUT2D eigenvalue weighted by molar-refractivity contribution is -0.00176. The second kappa shape index (κ2) is 6.69. The fourth-order valence-electron chi connectivity index (χ4n) is 2.54. The van der Waals surface area contributed by atoms with E-state index < -0.39 is 10.0 Å². The highest BCUT2D eigenvalue weighted by atomic mass is 32.2. The quantitative estimate of drug-likeness (QED) is 0.804. The van der Waals surface area contributed by atoms with Gasteiger partial charge in [0, 0.05) is 19.8 Å². The third-order valence-corrected chi connectivity index (χ3v) is 5.17. The van der Waals surface area contributed by atoms with Gasteiger partial charge in [-0.25, -0.2) is 13.1 Å². The van der Waals surface area contributed by atoms with Gasteiger partial charge in [-0.15, -0.1) is 0 Å². The number of aromatic nitrogens is 2. The zero-order valence-corrected chi connectivity index (χ0v) is 12.9. The van der Waals surface area contributed by atoms with Gasteiger partial charge in [-0.1, -0.05) is 19.8 Å². The van der Waals surface area contributed by atoms with Gasteiger partial charge in [-0.2, -0.15) is 5.10 Å². The lowest BCUT2D eigenvalue weighted by Crippen LogP contribution is -2.31. The minimum Gasteiger partial charge on any atom is -0.377 e. The standard InChI is InChI=1S/C13H23N3O3S/c1-11-5-3-4-6-13(11)19-8-7-15-20(17,18)12-9-14-16(2)10-12/h9-11,13,15H,3-8H2,1-2H3/t11-,13-/m1/s1. The van der Waals surface area contributed by atoms with Gasteiger partial charge in [0.15, 0.2) is 0 Å². The van der Waals surface area contributed by atoms with Crippen molar-refractivity contribution in [3.8, 4) is 0 Å². The number of hydrogen-bond acceptors (Lipinski definition) is 4. The van der Waals surface area contributed by atoms with Crippen molar-refractivity contribution in [1.29, 1.82) is 0 Å². The van der Waals surface area contributed by atoms with E-state index in [9.17, 15) is 8.42 Å². The Labute approximate surface area is 120 Å². The summed E-state index contributed by atoms with van der Waals surface area (Å²) in [4.78, 5) is 0.186. The van der Waals surface area contributed by atoms with Crippen LogP contribution in [0.2, 0.25) is 0 Å². The van der Waals surface area contributed by atoms with Crippen molar-refractivity contribution in [3.05, 3.63) is 12.4 Å². The molecule has 7 heteroatoms. The van der Waals surface area contributed by atoms with Crippen LogP contribution in [0.1, 0.15) is 32.6 Å². The maximum atomic E-state index is 11.9. The van der Waals surface area contributed by atoms with Gasteiger partial charge in [-0.05, 0) is 18.8 Å². The Kier molecular flexibility index (Phi) is 5.17. The maximum absolute atomic E-state index is 11.9. The molecule has 6 nitrogen and oxygen atoms in total. The molecule has 2 atom stereocenters. The Bertz CT molecular complexity index is 527. The number of rotatable bonds is 6. The van der Waals surface area contributed by atoms with Crippen LogP contribution in [0.5, 0.6) is 0 Å². The molecule has 0 aromatic carbocycles. The number of aryl methyl sites for hydroxylation is 1. The molecule has 1 aliphatic rings. The molecule has 20 heavy (non-hydrogen) atoms. The Morgan fingerprint density at radius 1 is 1.45 bits per heavy atom. The molecule has 0 saturated heterocycles. The Balaban J connectivity index is 1.75. The van der Waals surface area contributed by atoms with Gasteiger partial charge in [-0.3, -0.25) is 4.68 Å². The highest BCUT2D eigenvalue weighted by Crippen LogP contribution is 2.25. The molecule has 0 radical (unpaired) electrons. The third kappa shape index (κ3) is 4.04. The molecule has 2 rings (SSSR count). The summed E-state index contributed by atoms with van der Waals surface area (Å²) in [6.07, 6.45) is 7.85. The van der Waals surface area contributed by atoms with Crippen LogP contribution in [-0.4, -0.2) is 37.5 Å². The van der Waals surface area contributed by atoms with Crippen LogP contribution in [0.15, 0.2) is 17.3 Å². The van der Waals surface area contributed by atoms with Gasteiger partial charge >= 0.3 is 0 Å². The molecule has 1 aromatic heterocycles. The Morgan fingerprint density at radius 2 is 2.20 bits per heavy atom. The fourth-order valence-corrected chi connectivity index (χ4v) is 3.53. The number of nitrogens with zero attached hydrogens (tertiary/aromatic N) is 2. The molecule has 0 bridgehead atoms. The summed E-state index contributed by atoms with van der Waals surface area (Å²) < 4.78 is 33.7. The lowest BCUT2D eigenvalue weighted by Gasteiger charge is -2.28. The fraction of sp³-hybridized carbons (Fsp3) is 0.769. The number of ether oxygens (including phenoxy) is 1. The van der Waals surface area contributed by atoms with E-state index >= 15 is 0 Å². The first kappa shape index (κ1) is 15.5. The van der Waals surface area contributed by atoms with Crippen LogP contribution < -0.4 is 4.72 Å². The van der Waals surface area contributed by atoms with Crippen LogP contribution >= 0.6 is 0 Å². The molecular weight excluding hydrogens is 278 g/mol. The van der Waals surface area contributed by atoms with E-state index in [2.05, 4.69) is 16.7 Å². The molecule has 1 heterocycles. The van der Waals surface area contributed by atoms with Crippen molar-refractivity contribution in [1.82, 2.24) is 14.5 Å². The van der Waals surface area contributed by atoms with Crippen molar-refractivity contribution >= 4 is 10.0 Å². The molecule has 1 N–H and O–H groups in total. The predicted molar refractivity (Wildman–Crippen MR) is 75.8 cm³/mol. The monoisotopic (exact) mass is 301 g/mol. The summed E-state index contributed by atoms with van der Waals surface area (Å²) in [7, 11) is -1.78. The van der Waals surface area contributed by atoms with E-state index in [-0.39, 0.29) is 11.0 Å². The van der Waals surface area contributed by atoms with E-state index in [1.807, 2.05) is 0 Å². The highest BCUT2D eigenvalue weighted by molar-refractivity contribution is 7.89. The largest absolute Gasteiger partial charge is 0.377 e. The van der Waals surface area contributed by atoms with Crippen LogP contribution in [0.25, 0.3) is 0 Å². The average Bonchev–Trinajstić information content (AvgIpc) is 2.84. The first-order valence-corrected chi connectivity index (χ1v) is 8.57. The summed E-state index contributed by atoms with van der Waals surface area (Å²) in [6, 6.07) is 0. The second-order valence-corrected chi connectivity index (χ2v) is 7.19. The van der Waals surface area contributed by atoms with Crippen molar-refractivity contribution in [3.63, 3.8) is 0 Å². The zero-order valence-electron chi connectivity index (χ0n) is 12.1. The van der Waals surface area contributed by atoms with Gasteiger partial charge in [0.25, 0.3) is 0 Å². The van der Waals surface area contributed by atoms with Gasteiger partial charge in [0.2, 0.25) is 10.0 Å². The van der Waals surface area contributed by atoms with E-state index in [4.69, 9.17) is 4.74 Å². The van der Waals surface area contributed by atoms with E-state index in [0.717, 1.165) is 6.42 Å². The number of nitrogens with one attached hydrogen (secondary N) is 1. The molecule has 1 fully saturated rings. The lowest BCUT2D eigenvalue weighted by atomic mass is 9.88. The summed E-state index contributed by atoms with van der Waals surface area (Å²) in [5, 5.41) is 3.86. The second-order valence-electron chi connectivity index (χ2n) is 5.42. The molecule has 1 aromatic rings. The van der Waals surface area contributed by atoms with Crippen molar-refractivity contribution < 1.29 is 13.2 Å². The predicted octanol–water partition coefficient (Wildman–Crippen LogP) is 1.29. The normalized spacial score (nSPS) is 23.9. The molecule has 0 spiro atoms. The van der Waals surface area contributed by atoms with Crippen LogP contribution in [0, 0.1) is 5.92 Å². The maximum Gasteiger partial charge on any atom is 0.243 e. The third-order valence-electron chi connectivity index (χ3n) is 3.75.